The fraction of sp³-hybridized carbons (Fsp3) is 0.0476. The third-order valence-corrected chi connectivity index (χ3v) is 4.35. The number of H-pyrrole nitrogens is 1. The maximum absolute atomic E-state index is 12.4. The highest BCUT2D eigenvalue weighted by Gasteiger charge is 2.12. The number of amides is 1. The number of aromatic amines is 1. The summed E-state index contributed by atoms with van der Waals surface area (Å²) in [6, 6.07) is 19.0. The lowest BCUT2D eigenvalue weighted by molar-refractivity contribution is 0.0953. The highest BCUT2D eigenvalue weighted by Crippen LogP contribution is 2.16. The molecule has 2 aromatic carbocycles. The van der Waals surface area contributed by atoms with Crippen LogP contribution in [0.5, 0.6) is 0 Å². The second-order valence-corrected chi connectivity index (χ2v) is 6.15. The summed E-state index contributed by atoms with van der Waals surface area (Å²) in [5.41, 5.74) is 3.93. The Labute approximate surface area is 154 Å². The molecule has 0 aliphatic heterocycles. The van der Waals surface area contributed by atoms with Crippen LogP contribution in [0.3, 0.4) is 0 Å². The van der Waals surface area contributed by atoms with Crippen molar-refractivity contribution in [3.8, 4) is 0 Å². The van der Waals surface area contributed by atoms with Gasteiger partial charge in [-0.2, -0.15) is 5.10 Å². The Morgan fingerprint density at radius 3 is 2.63 bits per heavy atom. The maximum Gasteiger partial charge on any atom is 0.276 e. The van der Waals surface area contributed by atoms with Crippen LogP contribution in [-0.2, 0) is 0 Å². The van der Waals surface area contributed by atoms with Crippen LogP contribution in [0.15, 0.2) is 76.8 Å². The molecule has 2 N–H and O–H groups in total. The molecular formula is C21H16N4O2. The largest absolute Gasteiger partial charge is 0.306 e. The van der Waals surface area contributed by atoms with E-state index in [1.807, 2.05) is 42.5 Å². The molecule has 1 amide bonds. The summed E-state index contributed by atoms with van der Waals surface area (Å²) in [6.45, 7) is 1.80. The predicted molar refractivity (Wildman–Crippen MR) is 106 cm³/mol. The van der Waals surface area contributed by atoms with Crippen molar-refractivity contribution in [2.24, 2.45) is 5.10 Å². The molecule has 27 heavy (non-hydrogen) atoms. The molecule has 0 aliphatic rings. The van der Waals surface area contributed by atoms with Gasteiger partial charge in [-0.15, -0.1) is 0 Å². The second kappa shape index (κ2) is 6.84. The SMILES string of the molecule is C/C(=N\NC(=O)c1cc2cccnc2[nH]c1=O)c1ccc2ccccc2c1. The normalized spacial score (nSPS) is 11.7. The quantitative estimate of drug-likeness (QED) is 0.436. The van der Waals surface area contributed by atoms with Gasteiger partial charge in [0.25, 0.3) is 11.5 Å². The van der Waals surface area contributed by atoms with Gasteiger partial charge in [-0.05, 0) is 47.5 Å². The van der Waals surface area contributed by atoms with Crippen molar-refractivity contribution in [3.05, 3.63) is 88.3 Å². The summed E-state index contributed by atoms with van der Waals surface area (Å²) in [7, 11) is 0. The zero-order valence-corrected chi connectivity index (χ0v) is 14.6. The van der Waals surface area contributed by atoms with Crippen molar-refractivity contribution in [1.29, 1.82) is 0 Å². The van der Waals surface area contributed by atoms with E-state index in [0.717, 1.165) is 16.3 Å². The molecule has 6 heteroatoms. The third kappa shape index (κ3) is 3.32. The van der Waals surface area contributed by atoms with Crippen LogP contribution in [0.4, 0.5) is 0 Å². The van der Waals surface area contributed by atoms with Crippen LogP contribution < -0.4 is 11.0 Å². The van der Waals surface area contributed by atoms with Crippen LogP contribution in [0.1, 0.15) is 22.8 Å². The minimum absolute atomic E-state index is 0.00874. The summed E-state index contributed by atoms with van der Waals surface area (Å²) in [5, 5.41) is 7.05. The van der Waals surface area contributed by atoms with E-state index in [4.69, 9.17) is 0 Å². The summed E-state index contributed by atoms with van der Waals surface area (Å²) in [4.78, 5) is 31.2. The second-order valence-electron chi connectivity index (χ2n) is 6.15. The number of carbonyl (C=O) groups is 1. The van der Waals surface area contributed by atoms with Gasteiger partial charge in [0.1, 0.15) is 11.2 Å². The van der Waals surface area contributed by atoms with E-state index in [2.05, 4.69) is 20.5 Å². The molecule has 2 aromatic heterocycles. The third-order valence-electron chi connectivity index (χ3n) is 4.35. The van der Waals surface area contributed by atoms with Gasteiger partial charge in [0, 0.05) is 11.6 Å². The van der Waals surface area contributed by atoms with Crippen LogP contribution in [0, 0.1) is 0 Å². The zero-order valence-electron chi connectivity index (χ0n) is 14.6. The highest BCUT2D eigenvalue weighted by molar-refractivity contribution is 6.03. The topological polar surface area (TPSA) is 87.2 Å². The molecule has 0 bridgehead atoms. The Balaban J connectivity index is 1.60. The highest BCUT2D eigenvalue weighted by atomic mass is 16.2. The molecule has 4 aromatic rings. The number of pyridine rings is 2. The number of aromatic nitrogens is 2. The zero-order chi connectivity index (χ0) is 18.8. The first-order valence-electron chi connectivity index (χ1n) is 8.44. The number of nitrogens with zero attached hydrogens (tertiary/aromatic N) is 2. The molecule has 0 spiro atoms. The minimum atomic E-state index is -0.567. The summed E-state index contributed by atoms with van der Waals surface area (Å²) >= 11 is 0. The molecule has 0 radical (unpaired) electrons. The number of hydrogen-bond acceptors (Lipinski definition) is 4. The molecule has 0 fully saturated rings. The van der Waals surface area contributed by atoms with Crippen LogP contribution in [0.2, 0.25) is 0 Å². The molecule has 0 saturated heterocycles. The van der Waals surface area contributed by atoms with Crippen LogP contribution in [0.25, 0.3) is 21.8 Å². The van der Waals surface area contributed by atoms with Crippen molar-refractivity contribution in [1.82, 2.24) is 15.4 Å². The minimum Gasteiger partial charge on any atom is -0.306 e. The number of hydrogen-bond donors (Lipinski definition) is 2. The van der Waals surface area contributed by atoms with E-state index in [9.17, 15) is 9.59 Å². The van der Waals surface area contributed by atoms with Gasteiger partial charge in [-0.1, -0.05) is 36.4 Å². The average molecular weight is 356 g/mol. The van der Waals surface area contributed by atoms with Gasteiger partial charge in [0.15, 0.2) is 0 Å². The monoisotopic (exact) mass is 356 g/mol. The summed E-state index contributed by atoms with van der Waals surface area (Å²) in [5.74, 6) is -0.567. The summed E-state index contributed by atoms with van der Waals surface area (Å²) < 4.78 is 0. The molecule has 4 rings (SSSR count). The van der Waals surface area contributed by atoms with Crippen molar-refractivity contribution < 1.29 is 4.79 Å². The average Bonchev–Trinajstić information content (AvgIpc) is 2.70. The van der Waals surface area contributed by atoms with E-state index >= 15 is 0 Å². The molecule has 2 heterocycles. The Hall–Kier alpha value is -3.80. The van der Waals surface area contributed by atoms with Gasteiger partial charge in [-0.3, -0.25) is 9.59 Å². The van der Waals surface area contributed by atoms with Crippen molar-refractivity contribution >= 4 is 33.4 Å². The van der Waals surface area contributed by atoms with Gasteiger partial charge >= 0.3 is 0 Å². The molecule has 6 nitrogen and oxygen atoms in total. The smallest absolute Gasteiger partial charge is 0.276 e. The number of benzene rings is 2. The van der Waals surface area contributed by atoms with Gasteiger partial charge in [-0.25, -0.2) is 10.4 Å². The Morgan fingerprint density at radius 2 is 1.78 bits per heavy atom. The first kappa shape index (κ1) is 16.7. The Kier molecular flexibility index (Phi) is 4.22. The molecule has 0 saturated carbocycles. The predicted octanol–water partition coefficient (Wildman–Crippen LogP) is 3.23. The molecule has 0 aliphatic carbocycles. The van der Waals surface area contributed by atoms with E-state index in [1.54, 1.807) is 25.3 Å². The molecule has 132 valence electrons. The first-order chi connectivity index (χ1) is 13.1. The van der Waals surface area contributed by atoms with Crippen LogP contribution >= 0.6 is 0 Å². The molecule has 0 unspecified atom stereocenters. The molecule has 0 atom stereocenters. The van der Waals surface area contributed by atoms with E-state index in [-0.39, 0.29) is 5.56 Å². The van der Waals surface area contributed by atoms with E-state index < -0.39 is 11.5 Å². The first-order valence-corrected chi connectivity index (χ1v) is 8.44. The number of rotatable bonds is 3. The lowest BCUT2D eigenvalue weighted by Gasteiger charge is -2.05. The van der Waals surface area contributed by atoms with Crippen LogP contribution in [-0.4, -0.2) is 21.6 Å². The summed E-state index contributed by atoms with van der Waals surface area (Å²) in [6.07, 6.45) is 1.58. The van der Waals surface area contributed by atoms with Crippen molar-refractivity contribution in [2.45, 2.75) is 6.92 Å². The number of fused-ring (bicyclic) bond motifs is 2. The number of nitrogens with one attached hydrogen (secondary N) is 2. The van der Waals surface area contributed by atoms with Crippen molar-refractivity contribution in [3.63, 3.8) is 0 Å². The fourth-order valence-corrected chi connectivity index (χ4v) is 2.88. The number of carbonyl (C=O) groups excluding carboxylic acids is 1. The van der Waals surface area contributed by atoms with E-state index in [1.165, 1.54) is 6.07 Å². The molecular weight excluding hydrogens is 340 g/mol. The Bertz CT molecular complexity index is 1260. The lowest BCUT2D eigenvalue weighted by atomic mass is 10.0. The van der Waals surface area contributed by atoms with Gasteiger partial charge in [0.2, 0.25) is 0 Å². The van der Waals surface area contributed by atoms with Crippen molar-refractivity contribution in [2.75, 3.05) is 0 Å². The Morgan fingerprint density at radius 1 is 1.00 bits per heavy atom. The number of hydrazone groups is 1. The van der Waals surface area contributed by atoms with Gasteiger partial charge < -0.3 is 4.98 Å². The van der Waals surface area contributed by atoms with Gasteiger partial charge in [0.05, 0.1) is 5.71 Å². The van der Waals surface area contributed by atoms with E-state index in [0.29, 0.717) is 16.7 Å². The fourth-order valence-electron chi connectivity index (χ4n) is 2.88. The lowest BCUT2D eigenvalue weighted by Crippen LogP contribution is -2.27. The standard InChI is InChI=1S/C21H16N4O2/c1-13(15-9-8-14-5-2-3-6-16(14)11-15)24-25-21(27)18-12-17-7-4-10-22-19(17)23-20(18)26/h2-12H,1H3,(H,25,27)(H,22,23,26)/b24-13+. The maximum atomic E-state index is 12.4.